The Morgan fingerprint density at radius 1 is 0.815 bits per heavy atom. The van der Waals surface area contributed by atoms with E-state index in [9.17, 15) is 9.90 Å². The second-order valence-corrected chi connectivity index (χ2v) is 6.26. The van der Waals surface area contributed by atoms with Gasteiger partial charge >= 0.3 is 0 Å². The van der Waals surface area contributed by atoms with E-state index in [2.05, 4.69) is 10.3 Å². The van der Waals surface area contributed by atoms with Crippen molar-refractivity contribution >= 4 is 16.8 Å². The van der Waals surface area contributed by atoms with Crippen LogP contribution < -0.4 is 5.32 Å². The van der Waals surface area contributed by atoms with E-state index in [-0.39, 0.29) is 23.3 Å². The number of phenolic OH excluding ortho intramolecular Hbond substituents is 1. The predicted molar refractivity (Wildman–Crippen MR) is 106 cm³/mol. The van der Waals surface area contributed by atoms with Crippen LogP contribution in [0.3, 0.4) is 0 Å². The molecule has 27 heavy (non-hydrogen) atoms. The van der Waals surface area contributed by atoms with E-state index in [0.29, 0.717) is 5.52 Å². The summed E-state index contributed by atoms with van der Waals surface area (Å²) in [5.41, 5.74) is 2.56. The van der Waals surface area contributed by atoms with E-state index < -0.39 is 0 Å². The Labute approximate surface area is 157 Å². The molecule has 1 heterocycles. The zero-order valence-corrected chi connectivity index (χ0v) is 14.5. The van der Waals surface area contributed by atoms with Crippen molar-refractivity contribution in [3.8, 4) is 5.75 Å². The van der Waals surface area contributed by atoms with Crippen LogP contribution in [0.15, 0.2) is 91.1 Å². The second kappa shape index (κ2) is 7.30. The van der Waals surface area contributed by atoms with Crippen LogP contribution in [0.4, 0.5) is 0 Å². The molecule has 132 valence electrons. The number of amides is 1. The van der Waals surface area contributed by atoms with Crippen molar-refractivity contribution in [3.05, 3.63) is 108 Å². The molecule has 1 amide bonds. The number of hydrogen-bond donors (Lipinski definition) is 2. The lowest BCUT2D eigenvalue weighted by Gasteiger charge is -2.20. The highest BCUT2D eigenvalue weighted by Gasteiger charge is 2.20. The summed E-state index contributed by atoms with van der Waals surface area (Å²) in [6.07, 6.45) is 1.60. The van der Waals surface area contributed by atoms with Crippen molar-refractivity contribution in [1.29, 1.82) is 0 Å². The molecule has 0 bridgehead atoms. The standard InChI is InChI=1S/C23H18N2O2/c26-22-19(14-13-18-12-7-15-24-21(18)22)23(27)25-20(16-8-3-1-4-9-16)17-10-5-2-6-11-17/h1-15,20,26H,(H,25,27). The molecule has 4 nitrogen and oxygen atoms in total. The van der Waals surface area contributed by atoms with Crippen molar-refractivity contribution in [2.45, 2.75) is 6.04 Å². The van der Waals surface area contributed by atoms with Gasteiger partial charge in [-0.25, -0.2) is 0 Å². The largest absolute Gasteiger partial charge is 0.505 e. The quantitative estimate of drug-likeness (QED) is 0.569. The van der Waals surface area contributed by atoms with Gasteiger partial charge in [-0.1, -0.05) is 72.8 Å². The number of aromatic nitrogens is 1. The van der Waals surface area contributed by atoms with Gasteiger partial charge in [-0.05, 0) is 23.3 Å². The minimum Gasteiger partial charge on any atom is -0.505 e. The summed E-state index contributed by atoms with van der Waals surface area (Å²) in [4.78, 5) is 17.2. The molecule has 4 heteroatoms. The Morgan fingerprint density at radius 3 is 2.07 bits per heavy atom. The summed E-state index contributed by atoms with van der Waals surface area (Å²) in [7, 11) is 0. The topological polar surface area (TPSA) is 62.2 Å². The first-order valence-corrected chi connectivity index (χ1v) is 8.71. The van der Waals surface area contributed by atoms with Gasteiger partial charge in [0.05, 0.1) is 11.6 Å². The van der Waals surface area contributed by atoms with Crippen LogP contribution >= 0.6 is 0 Å². The molecule has 0 aliphatic rings. The van der Waals surface area contributed by atoms with Gasteiger partial charge < -0.3 is 10.4 Å². The van der Waals surface area contributed by atoms with Gasteiger partial charge in [0, 0.05) is 11.6 Å². The number of pyridine rings is 1. The van der Waals surface area contributed by atoms with E-state index in [0.717, 1.165) is 16.5 Å². The summed E-state index contributed by atoms with van der Waals surface area (Å²) in [6.45, 7) is 0. The summed E-state index contributed by atoms with van der Waals surface area (Å²) in [5, 5.41) is 14.4. The SMILES string of the molecule is O=C(NC(c1ccccc1)c1ccccc1)c1ccc2cccnc2c1O. The van der Waals surface area contributed by atoms with Gasteiger partial charge in [0.1, 0.15) is 5.52 Å². The van der Waals surface area contributed by atoms with Crippen molar-refractivity contribution in [2.75, 3.05) is 0 Å². The highest BCUT2D eigenvalue weighted by Crippen LogP contribution is 2.28. The van der Waals surface area contributed by atoms with Crippen molar-refractivity contribution in [1.82, 2.24) is 10.3 Å². The lowest BCUT2D eigenvalue weighted by molar-refractivity contribution is 0.0940. The van der Waals surface area contributed by atoms with Crippen LogP contribution in [0.25, 0.3) is 10.9 Å². The number of hydrogen-bond acceptors (Lipinski definition) is 3. The van der Waals surface area contributed by atoms with E-state index >= 15 is 0 Å². The van der Waals surface area contributed by atoms with E-state index in [1.807, 2.05) is 66.7 Å². The smallest absolute Gasteiger partial charge is 0.255 e. The molecule has 0 fully saturated rings. The summed E-state index contributed by atoms with van der Waals surface area (Å²) < 4.78 is 0. The first kappa shape index (κ1) is 16.8. The molecule has 0 radical (unpaired) electrons. The zero-order chi connectivity index (χ0) is 18.6. The zero-order valence-electron chi connectivity index (χ0n) is 14.5. The minimum absolute atomic E-state index is 0.106. The molecule has 0 atom stereocenters. The van der Waals surface area contributed by atoms with Crippen LogP contribution in [0.1, 0.15) is 27.5 Å². The Balaban J connectivity index is 1.72. The van der Waals surface area contributed by atoms with Crippen LogP contribution in [0.5, 0.6) is 5.75 Å². The summed E-state index contributed by atoms with van der Waals surface area (Å²) in [6, 6.07) is 26.3. The first-order chi connectivity index (χ1) is 13.2. The lowest BCUT2D eigenvalue weighted by Crippen LogP contribution is -2.29. The summed E-state index contributed by atoms with van der Waals surface area (Å²) in [5.74, 6) is -0.455. The maximum Gasteiger partial charge on any atom is 0.255 e. The number of carbonyl (C=O) groups excluding carboxylic acids is 1. The maximum absolute atomic E-state index is 13.0. The second-order valence-electron chi connectivity index (χ2n) is 6.26. The number of carbonyl (C=O) groups is 1. The number of phenols is 1. The molecule has 0 aliphatic heterocycles. The number of nitrogens with one attached hydrogen (secondary N) is 1. The molecule has 4 rings (SSSR count). The molecule has 0 saturated carbocycles. The first-order valence-electron chi connectivity index (χ1n) is 8.71. The van der Waals surface area contributed by atoms with Gasteiger partial charge in [-0.3, -0.25) is 9.78 Å². The fourth-order valence-corrected chi connectivity index (χ4v) is 3.17. The predicted octanol–water partition coefficient (Wildman–Crippen LogP) is 4.46. The van der Waals surface area contributed by atoms with E-state index in [1.54, 1.807) is 24.4 Å². The maximum atomic E-state index is 13.0. The fourth-order valence-electron chi connectivity index (χ4n) is 3.17. The van der Waals surface area contributed by atoms with Crippen molar-refractivity contribution < 1.29 is 9.90 Å². The van der Waals surface area contributed by atoms with Crippen LogP contribution in [-0.2, 0) is 0 Å². The Hall–Kier alpha value is -3.66. The minimum atomic E-state index is -0.349. The monoisotopic (exact) mass is 354 g/mol. The molecule has 0 aliphatic carbocycles. The average Bonchev–Trinajstić information content (AvgIpc) is 2.73. The van der Waals surface area contributed by atoms with E-state index in [1.165, 1.54) is 0 Å². The lowest BCUT2D eigenvalue weighted by atomic mass is 9.98. The molecular formula is C23H18N2O2. The Morgan fingerprint density at radius 2 is 1.44 bits per heavy atom. The highest BCUT2D eigenvalue weighted by molar-refractivity contribution is 6.02. The number of benzene rings is 3. The fraction of sp³-hybridized carbons (Fsp3) is 0.0435. The van der Waals surface area contributed by atoms with Crippen molar-refractivity contribution in [3.63, 3.8) is 0 Å². The number of rotatable bonds is 4. The van der Waals surface area contributed by atoms with Crippen LogP contribution in [0, 0.1) is 0 Å². The molecule has 3 aromatic carbocycles. The van der Waals surface area contributed by atoms with Gasteiger partial charge in [-0.15, -0.1) is 0 Å². The highest BCUT2D eigenvalue weighted by atomic mass is 16.3. The molecule has 1 aromatic heterocycles. The Bertz CT molecular complexity index is 1040. The van der Waals surface area contributed by atoms with Gasteiger partial charge in [-0.2, -0.15) is 0 Å². The summed E-state index contributed by atoms with van der Waals surface area (Å²) >= 11 is 0. The molecule has 0 unspecified atom stereocenters. The van der Waals surface area contributed by atoms with Gasteiger partial charge in [0.15, 0.2) is 5.75 Å². The van der Waals surface area contributed by atoms with Crippen molar-refractivity contribution in [2.24, 2.45) is 0 Å². The van der Waals surface area contributed by atoms with Crippen LogP contribution in [0.2, 0.25) is 0 Å². The average molecular weight is 354 g/mol. The number of nitrogens with zero attached hydrogens (tertiary/aromatic N) is 1. The molecule has 0 spiro atoms. The number of fused-ring (bicyclic) bond motifs is 1. The Kier molecular flexibility index (Phi) is 4.54. The molecular weight excluding hydrogens is 336 g/mol. The third-order valence-corrected chi connectivity index (χ3v) is 4.53. The number of aromatic hydroxyl groups is 1. The van der Waals surface area contributed by atoms with Gasteiger partial charge in [0.2, 0.25) is 0 Å². The molecule has 0 saturated heterocycles. The van der Waals surface area contributed by atoms with Gasteiger partial charge in [0.25, 0.3) is 5.91 Å². The van der Waals surface area contributed by atoms with Crippen LogP contribution in [-0.4, -0.2) is 16.0 Å². The third kappa shape index (κ3) is 3.37. The normalized spacial score (nSPS) is 10.9. The third-order valence-electron chi connectivity index (χ3n) is 4.53. The molecule has 4 aromatic rings. The van der Waals surface area contributed by atoms with E-state index in [4.69, 9.17) is 0 Å². The molecule has 2 N–H and O–H groups in total.